The van der Waals surface area contributed by atoms with E-state index in [1.807, 2.05) is 0 Å². The summed E-state index contributed by atoms with van der Waals surface area (Å²) in [6.07, 6.45) is 3.18. The first kappa shape index (κ1) is 11.9. The van der Waals surface area contributed by atoms with E-state index < -0.39 is 0 Å². The molecule has 0 aliphatic carbocycles. The minimum absolute atomic E-state index is 0.272. The van der Waals surface area contributed by atoms with Crippen molar-refractivity contribution in [3.05, 3.63) is 35.9 Å². The lowest BCUT2D eigenvalue weighted by Gasteiger charge is -2.36. The monoisotopic (exact) mass is 266 g/mol. The Morgan fingerprint density at radius 1 is 1.18 bits per heavy atom. The highest BCUT2D eigenvalue weighted by Crippen LogP contribution is 2.58. The number of thioether (sulfide) groups is 2. The Morgan fingerprint density at radius 3 is 2.59 bits per heavy atom. The van der Waals surface area contributed by atoms with Crippen LogP contribution in [0.15, 0.2) is 30.3 Å². The number of hydrogen-bond acceptors (Lipinski definition) is 3. The Bertz CT molecular complexity index is 373. The molecule has 2 saturated heterocycles. The van der Waals surface area contributed by atoms with Crippen molar-refractivity contribution in [2.24, 2.45) is 0 Å². The fourth-order valence-electron chi connectivity index (χ4n) is 2.71. The van der Waals surface area contributed by atoms with E-state index >= 15 is 0 Å². The fourth-order valence-corrected chi connectivity index (χ4v) is 6.39. The predicted molar refractivity (Wildman–Crippen MR) is 76.6 cm³/mol. The van der Waals surface area contributed by atoms with Gasteiger partial charge in [-0.1, -0.05) is 30.3 Å². The van der Waals surface area contributed by atoms with Crippen molar-refractivity contribution in [3.8, 4) is 0 Å². The van der Waals surface area contributed by atoms with Gasteiger partial charge in [0.2, 0.25) is 0 Å². The Hall–Kier alpha value is -0.120. The number of hydrogen-bond donors (Lipinski definition) is 0. The number of benzene rings is 1. The van der Waals surface area contributed by atoms with Gasteiger partial charge in [0.1, 0.15) is 6.10 Å². The summed E-state index contributed by atoms with van der Waals surface area (Å²) in [6.45, 7) is 2.21. The standard InChI is InChI=1S/C14H18OS2/c1-11-10-14(16-8-5-9-17-14)13(15-11)12-6-3-2-4-7-12/h2-4,6-7,11,13H,5,8-10H2,1H3/t11-,13-/m1/s1. The predicted octanol–water partition coefficient (Wildman–Crippen LogP) is 4.10. The molecular weight excluding hydrogens is 248 g/mol. The van der Waals surface area contributed by atoms with Gasteiger partial charge >= 0.3 is 0 Å². The first-order chi connectivity index (χ1) is 8.30. The Kier molecular flexibility index (Phi) is 3.42. The molecule has 1 aromatic rings. The molecular formula is C14H18OS2. The zero-order valence-corrected chi connectivity index (χ0v) is 11.7. The highest BCUT2D eigenvalue weighted by atomic mass is 32.2. The minimum Gasteiger partial charge on any atom is -0.368 e. The maximum atomic E-state index is 6.20. The molecule has 0 unspecified atom stereocenters. The summed E-state index contributed by atoms with van der Waals surface area (Å²) < 4.78 is 6.48. The first-order valence-corrected chi connectivity index (χ1v) is 8.26. The molecule has 0 bridgehead atoms. The molecule has 0 amide bonds. The number of ether oxygens (including phenoxy) is 1. The van der Waals surface area contributed by atoms with E-state index in [4.69, 9.17) is 4.74 Å². The molecule has 2 aliphatic rings. The van der Waals surface area contributed by atoms with Gasteiger partial charge in [0, 0.05) is 6.42 Å². The molecule has 2 atom stereocenters. The largest absolute Gasteiger partial charge is 0.368 e. The lowest BCUT2D eigenvalue weighted by atomic mass is 10.1. The van der Waals surface area contributed by atoms with Crippen LogP contribution >= 0.6 is 23.5 Å². The lowest BCUT2D eigenvalue weighted by Crippen LogP contribution is -2.28. The highest BCUT2D eigenvalue weighted by Gasteiger charge is 2.49. The molecule has 0 aromatic heterocycles. The van der Waals surface area contributed by atoms with Crippen LogP contribution in [-0.2, 0) is 4.74 Å². The van der Waals surface area contributed by atoms with Crippen LogP contribution in [0.2, 0.25) is 0 Å². The normalized spacial score (nSPS) is 31.8. The maximum absolute atomic E-state index is 6.20. The summed E-state index contributed by atoms with van der Waals surface area (Å²) in [5.41, 5.74) is 1.35. The molecule has 1 aromatic carbocycles. The molecule has 3 rings (SSSR count). The van der Waals surface area contributed by atoms with Gasteiger partial charge in [-0.2, -0.15) is 0 Å². The van der Waals surface area contributed by atoms with Gasteiger partial charge in [-0.05, 0) is 30.4 Å². The molecule has 0 N–H and O–H groups in total. The first-order valence-electron chi connectivity index (χ1n) is 6.28. The van der Waals surface area contributed by atoms with E-state index in [1.165, 1.54) is 29.9 Å². The second-order valence-corrected chi connectivity index (χ2v) is 7.91. The van der Waals surface area contributed by atoms with E-state index in [1.54, 1.807) is 0 Å². The second kappa shape index (κ2) is 4.87. The molecule has 0 radical (unpaired) electrons. The van der Waals surface area contributed by atoms with Crippen molar-refractivity contribution in [2.75, 3.05) is 11.5 Å². The van der Waals surface area contributed by atoms with Crippen molar-refractivity contribution in [2.45, 2.75) is 36.1 Å². The molecule has 17 heavy (non-hydrogen) atoms. The molecule has 1 spiro atoms. The zero-order valence-electron chi connectivity index (χ0n) is 10.1. The third kappa shape index (κ3) is 2.25. The van der Waals surface area contributed by atoms with Crippen molar-refractivity contribution in [3.63, 3.8) is 0 Å². The van der Waals surface area contributed by atoms with Gasteiger partial charge in [-0.15, -0.1) is 23.5 Å². The molecule has 0 saturated carbocycles. The van der Waals surface area contributed by atoms with Gasteiger partial charge in [0.05, 0.1) is 10.2 Å². The molecule has 3 heteroatoms. The summed E-state index contributed by atoms with van der Waals surface area (Å²) in [6, 6.07) is 10.7. The SMILES string of the molecule is C[C@@H]1CC2(SCCCS2)[C@@H](c2ccccc2)O1. The summed E-state index contributed by atoms with van der Waals surface area (Å²) in [5.74, 6) is 2.57. The van der Waals surface area contributed by atoms with Crippen LogP contribution in [-0.4, -0.2) is 21.7 Å². The molecule has 2 fully saturated rings. The van der Waals surface area contributed by atoms with E-state index in [-0.39, 0.29) is 10.2 Å². The zero-order chi connectivity index (χ0) is 11.7. The minimum atomic E-state index is 0.272. The average Bonchev–Trinajstić information content (AvgIpc) is 2.68. The Labute approximate surface area is 112 Å². The van der Waals surface area contributed by atoms with Crippen LogP contribution in [0.1, 0.15) is 31.4 Å². The van der Waals surface area contributed by atoms with Gasteiger partial charge in [-0.25, -0.2) is 0 Å². The van der Waals surface area contributed by atoms with Gasteiger partial charge < -0.3 is 4.74 Å². The molecule has 92 valence electrons. The summed E-state index contributed by atoms with van der Waals surface area (Å²) in [7, 11) is 0. The van der Waals surface area contributed by atoms with E-state index in [2.05, 4.69) is 60.8 Å². The van der Waals surface area contributed by atoms with Crippen molar-refractivity contribution in [1.82, 2.24) is 0 Å². The van der Waals surface area contributed by atoms with Gasteiger partial charge in [-0.3, -0.25) is 0 Å². The lowest BCUT2D eigenvalue weighted by molar-refractivity contribution is 0.0546. The summed E-state index contributed by atoms with van der Waals surface area (Å²) >= 11 is 4.24. The van der Waals surface area contributed by atoms with E-state index in [9.17, 15) is 0 Å². The van der Waals surface area contributed by atoms with Crippen LogP contribution < -0.4 is 0 Å². The maximum Gasteiger partial charge on any atom is 0.107 e. The van der Waals surface area contributed by atoms with Crippen LogP contribution in [0.5, 0.6) is 0 Å². The van der Waals surface area contributed by atoms with Gasteiger partial charge in [0.15, 0.2) is 0 Å². The third-order valence-electron chi connectivity index (χ3n) is 3.42. The van der Waals surface area contributed by atoms with E-state index in [0.29, 0.717) is 6.10 Å². The third-order valence-corrected chi connectivity index (χ3v) is 6.86. The Morgan fingerprint density at radius 2 is 1.88 bits per heavy atom. The molecule has 1 nitrogen and oxygen atoms in total. The number of rotatable bonds is 1. The molecule has 2 aliphatic heterocycles. The summed E-state index contributed by atoms with van der Waals surface area (Å²) in [5, 5.41) is 0. The smallest absolute Gasteiger partial charge is 0.107 e. The molecule has 2 heterocycles. The second-order valence-electron chi connectivity index (χ2n) is 4.80. The quantitative estimate of drug-likeness (QED) is 0.757. The average molecular weight is 266 g/mol. The van der Waals surface area contributed by atoms with Crippen LogP contribution in [0, 0.1) is 0 Å². The fraction of sp³-hybridized carbons (Fsp3) is 0.571. The van der Waals surface area contributed by atoms with Crippen molar-refractivity contribution >= 4 is 23.5 Å². The summed E-state index contributed by atoms with van der Waals surface area (Å²) in [4.78, 5) is 0. The highest BCUT2D eigenvalue weighted by molar-refractivity contribution is 8.18. The Balaban J connectivity index is 1.91. The topological polar surface area (TPSA) is 9.23 Å². The van der Waals surface area contributed by atoms with Crippen LogP contribution in [0.25, 0.3) is 0 Å². The van der Waals surface area contributed by atoms with Crippen molar-refractivity contribution < 1.29 is 4.74 Å². The van der Waals surface area contributed by atoms with Crippen LogP contribution in [0.4, 0.5) is 0 Å². The van der Waals surface area contributed by atoms with Gasteiger partial charge in [0.25, 0.3) is 0 Å². The van der Waals surface area contributed by atoms with Crippen LogP contribution in [0.3, 0.4) is 0 Å². The van der Waals surface area contributed by atoms with Crippen molar-refractivity contribution in [1.29, 1.82) is 0 Å². The van der Waals surface area contributed by atoms with E-state index in [0.717, 1.165) is 0 Å².